The van der Waals surface area contributed by atoms with Gasteiger partial charge < -0.3 is 14.8 Å². The molecule has 1 saturated heterocycles. The summed E-state index contributed by atoms with van der Waals surface area (Å²) in [6.45, 7) is 5.40. The lowest BCUT2D eigenvalue weighted by molar-refractivity contribution is 0.189. The third-order valence-corrected chi connectivity index (χ3v) is 5.20. The third kappa shape index (κ3) is 3.95. The first-order chi connectivity index (χ1) is 11.3. The Hall–Kier alpha value is -1.78. The summed E-state index contributed by atoms with van der Waals surface area (Å²) < 4.78 is 2.24. The number of hydrogen-bond acceptors (Lipinski definition) is 2. The van der Waals surface area contributed by atoms with E-state index in [1.807, 2.05) is 19.6 Å². The van der Waals surface area contributed by atoms with Crippen LogP contribution in [0.4, 0.5) is 0 Å². The van der Waals surface area contributed by atoms with Gasteiger partial charge in [-0.05, 0) is 38.0 Å². The van der Waals surface area contributed by atoms with Gasteiger partial charge in [0.05, 0.1) is 12.4 Å². The van der Waals surface area contributed by atoms with E-state index in [0.29, 0.717) is 12.0 Å². The van der Waals surface area contributed by atoms with Gasteiger partial charge in [0.15, 0.2) is 5.96 Å². The Balaban J connectivity index is 1.55. The van der Waals surface area contributed by atoms with Crippen LogP contribution in [0.1, 0.15) is 45.1 Å². The van der Waals surface area contributed by atoms with Crippen LogP contribution in [0, 0.1) is 5.92 Å². The number of guanidine groups is 1. The average molecular weight is 315 g/mol. The first-order valence-electron chi connectivity index (χ1n) is 8.89. The number of imidazole rings is 1. The summed E-state index contributed by atoms with van der Waals surface area (Å²) in [7, 11) is 1.89. The van der Waals surface area contributed by atoms with Crippen LogP contribution in [0.5, 0.6) is 0 Å². The van der Waals surface area contributed by atoms with Gasteiger partial charge in [0.2, 0.25) is 0 Å². The Morgan fingerprint density at radius 2 is 2.39 bits per heavy atom. The van der Waals surface area contributed by atoms with Crippen molar-refractivity contribution in [3.8, 4) is 0 Å². The molecule has 23 heavy (non-hydrogen) atoms. The predicted molar refractivity (Wildman–Crippen MR) is 94.5 cm³/mol. The first-order valence-corrected chi connectivity index (χ1v) is 8.89. The zero-order chi connectivity index (χ0) is 16.1. The second-order valence-electron chi connectivity index (χ2n) is 6.77. The second-order valence-corrected chi connectivity index (χ2v) is 6.77. The molecule has 2 unspecified atom stereocenters. The monoisotopic (exact) mass is 315 g/mol. The van der Waals surface area contributed by atoms with E-state index < -0.39 is 0 Å². The normalized spacial score (nSPS) is 25.6. The molecule has 0 radical (unpaired) electrons. The number of likely N-dealkylation sites (tertiary alicyclic amines) is 1. The van der Waals surface area contributed by atoms with Crippen molar-refractivity contribution in [2.75, 3.05) is 26.7 Å². The van der Waals surface area contributed by atoms with Crippen LogP contribution in [-0.4, -0.2) is 47.1 Å². The van der Waals surface area contributed by atoms with Crippen LogP contribution in [0.25, 0.3) is 0 Å². The maximum absolute atomic E-state index is 4.50. The third-order valence-electron chi connectivity index (χ3n) is 5.20. The van der Waals surface area contributed by atoms with E-state index in [1.54, 1.807) is 5.57 Å². The Labute approximate surface area is 139 Å². The van der Waals surface area contributed by atoms with Gasteiger partial charge in [0.25, 0.3) is 0 Å². The predicted octanol–water partition coefficient (Wildman–Crippen LogP) is 2.84. The van der Waals surface area contributed by atoms with Crippen molar-refractivity contribution in [3.05, 3.63) is 30.4 Å². The van der Waals surface area contributed by atoms with E-state index in [0.717, 1.165) is 32.0 Å². The maximum atomic E-state index is 4.50. The Morgan fingerprint density at radius 1 is 1.48 bits per heavy atom. The van der Waals surface area contributed by atoms with Crippen LogP contribution in [0.2, 0.25) is 0 Å². The van der Waals surface area contributed by atoms with Crippen molar-refractivity contribution in [1.82, 2.24) is 19.8 Å². The lowest BCUT2D eigenvalue weighted by Gasteiger charge is -2.39. The van der Waals surface area contributed by atoms with Gasteiger partial charge in [-0.15, -0.1) is 0 Å². The molecule has 0 aromatic carbocycles. The van der Waals surface area contributed by atoms with Gasteiger partial charge in [-0.25, -0.2) is 4.98 Å². The van der Waals surface area contributed by atoms with Crippen molar-refractivity contribution in [1.29, 1.82) is 0 Å². The molecule has 1 aliphatic carbocycles. The smallest absolute Gasteiger partial charge is 0.193 e. The van der Waals surface area contributed by atoms with Crippen LogP contribution in [0.3, 0.4) is 0 Å². The number of nitrogens with zero attached hydrogens (tertiary/aromatic N) is 4. The number of aromatic nitrogens is 2. The highest BCUT2D eigenvalue weighted by Crippen LogP contribution is 2.27. The zero-order valence-electron chi connectivity index (χ0n) is 14.4. The van der Waals surface area contributed by atoms with Crippen LogP contribution >= 0.6 is 0 Å². The van der Waals surface area contributed by atoms with Gasteiger partial charge in [-0.3, -0.25) is 4.99 Å². The number of nitrogens with one attached hydrogen (secondary N) is 1. The van der Waals surface area contributed by atoms with Crippen molar-refractivity contribution >= 4 is 5.96 Å². The summed E-state index contributed by atoms with van der Waals surface area (Å²) >= 11 is 0. The standard InChI is InChI=1S/C18H29N5/c1-15-8-11-22(13-17(15)23-12-10-20-14-23)18(19-2)21-9-7-16-5-3-4-6-16/h5,10,12,14-15,17H,3-4,6-9,11,13H2,1-2H3,(H,19,21). The zero-order valence-corrected chi connectivity index (χ0v) is 14.4. The van der Waals surface area contributed by atoms with Crippen molar-refractivity contribution < 1.29 is 0 Å². The highest BCUT2D eigenvalue weighted by molar-refractivity contribution is 5.80. The van der Waals surface area contributed by atoms with E-state index in [4.69, 9.17) is 0 Å². The summed E-state index contributed by atoms with van der Waals surface area (Å²) in [4.78, 5) is 11.1. The van der Waals surface area contributed by atoms with Crippen molar-refractivity contribution in [2.24, 2.45) is 10.9 Å². The molecule has 0 bridgehead atoms. The number of hydrogen-bond donors (Lipinski definition) is 1. The molecule has 3 rings (SSSR count). The molecule has 2 heterocycles. The topological polar surface area (TPSA) is 45.5 Å². The van der Waals surface area contributed by atoms with E-state index in [9.17, 15) is 0 Å². The molecule has 1 N–H and O–H groups in total. The molecular formula is C18H29N5. The van der Waals surface area contributed by atoms with Gasteiger partial charge >= 0.3 is 0 Å². The van der Waals surface area contributed by atoms with Gasteiger partial charge in [0, 0.05) is 39.1 Å². The molecule has 0 amide bonds. The summed E-state index contributed by atoms with van der Waals surface area (Å²) in [5.74, 6) is 1.71. The van der Waals surface area contributed by atoms with E-state index in [1.165, 1.54) is 25.7 Å². The van der Waals surface area contributed by atoms with E-state index in [2.05, 4.69) is 44.0 Å². The quantitative estimate of drug-likeness (QED) is 0.528. The summed E-state index contributed by atoms with van der Waals surface area (Å²) in [6.07, 6.45) is 14.5. The number of piperidine rings is 1. The highest BCUT2D eigenvalue weighted by Gasteiger charge is 2.28. The number of aliphatic imine (C=N–C) groups is 1. The lowest BCUT2D eigenvalue weighted by atomic mass is 9.93. The Bertz CT molecular complexity index is 546. The molecular weight excluding hydrogens is 286 g/mol. The minimum Gasteiger partial charge on any atom is -0.356 e. The Kier molecular flexibility index (Phi) is 5.36. The molecule has 2 atom stereocenters. The number of rotatable bonds is 4. The van der Waals surface area contributed by atoms with E-state index in [-0.39, 0.29) is 0 Å². The van der Waals surface area contributed by atoms with Crippen molar-refractivity contribution in [3.63, 3.8) is 0 Å². The van der Waals surface area contributed by atoms with E-state index >= 15 is 0 Å². The Morgan fingerprint density at radius 3 is 3.09 bits per heavy atom. The average Bonchev–Trinajstić information content (AvgIpc) is 3.26. The SMILES string of the molecule is CN=C(NCCC1=CCCC1)N1CCC(C)C(n2ccnc2)C1. The highest BCUT2D eigenvalue weighted by atomic mass is 15.3. The molecule has 5 nitrogen and oxygen atoms in total. The minimum absolute atomic E-state index is 0.474. The molecule has 1 aromatic heterocycles. The lowest BCUT2D eigenvalue weighted by Crippen LogP contribution is -2.49. The van der Waals surface area contributed by atoms with Crippen LogP contribution in [0.15, 0.2) is 35.4 Å². The summed E-state index contributed by atoms with van der Waals surface area (Å²) in [5, 5.41) is 3.56. The van der Waals surface area contributed by atoms with Gasteiger partial charge in [-0.2, -0.15) is 0 Å². The molecule has 2 aliphatic rings. The molecule has 0 saturated carbocycles. The largest absolute Gasteiger partial charge is 0.356 e. The van der Waals surface area contributed by atoms with Crippen LogP contribution < -0.4 is 5.32 Å². The molecule has 126 valence electrons. The molecule has 1 aromatic rings. The van der Waals surface area contributed by atoms with Gasteiger partial charge in [-0.1, -0.05) is 18.6 Å². The molecule has 5 heteroatoms. The fourth-order valence-corrected chi connectivity index (χ4v) is 3.73. The second kappa shape index (κ2) is 7.66. The van der Waals surface area contributed by atoms with Crippen LogP contribution in [-0.2, 0) is 0 Å². The fraction of sp³-hybridized carbons (Fsp3) is 0.667. The number of allylic oxidation sites excluding steroid dienone is 1. The molecule has 1 fully saturated rings. The van der Waals surface area contributed by atoms with Crippen molar-refractivity contribution in [2.45, 2.75) is 45.1 Å². The van der Waals surface area contributed by atoms with Gasteiger partial charge in [0.1, 0.15) is 0 Å². The first kappa shape index (κ1) is 16.1. The maximum Gasteiger partial charge on any atom is 0.193 e. The minimum atomic E-state index is 0.474. The molecule has 0 spiro atoms. The molecule has 1 aliphatic heterocycles. The summed E-state index contributed by atoms with van der Waals surface area (Å²) in [6, 6.07) is 0.474. The fourth-order valence-electron chi connectivity index (χ4n) is 3.73. The summed E-state index contributed by atoms with van der Waals surface area (Å²) in [5.41, 5.74) is 1.61.